The third-order valence-electron chi connectivity index (χ3n) is 2.60. The molecule has 0 aliphatic heterocycles. The lowest BCUT2D eigenvalue weighted by atomic mass is 10.2. The molecule has 0 spiro atoms. The summed E-state index contributed by atoms with van der Waals surface area (Å²) in [5.41, 5.74) is 0. The van der Waals surface area contributed by atoms with Crippen LogP contribution in [-0.4, -0.2) is 34.4 Å². The van der Waals surface area contributed by atoms with E-state index in [9.17, 15) is 4.79 Å². The predicted molar refractivity (Wildman–Crippen MR) is 66.5 cm³/mol. The fraction of sp³-hybridized carbons (Fsp3) is 0.818. The molecule has 0 aromatic rings. The van der Waals surface area contributed by atoms with Crippen LogP contribution in [0.25, 0.3) is 0 Å². The van der Waals surface area contributed by atoms with Crippen molar-refractivity contribution in [1.29, 1.82) is 5.26 Å². The van der Waals surface area contributed by atoms with Gasteiger partial charge in [0.15, 0.2) is 6.10 Å². The molecule has 0 unspecified atom stereocenters. The number of carboxylic acids is 1. The van der Waals surface area contributed by atoms with Gasteiger partial charge in [-0.25, -0.2) is 0 Å². The lowest BCUT2D eigenvalue weighted by Gasteiger charge is -2.44. The zero-order valence-corrected chi connectivity index (χ0v) is 11.4. The summed E-state index contributed by atoms with van der Waals surface area (Å²) in [4.78, 5) is 10.4. The molecule has 16 heavy (non-hydrogen) atoms. The van der Waals surface area contributed by atoms with Crippen molar-refractivity contribution in [3.8, 4) is 6.07 Å². The largest absolute Gasteiger partial charge is 0.481 e. The third-order valence-corrected chi connectivity index (χ3v) is 6.26. The Hall–Kier alpha value is -0.730. The predicted octanol–water partition coefficient (Wildman–Crippen LogP) is 2.54. The van der Waals surface area contributed by atoms with Crippen LogP contribution in [0.2, 0.25) is 0 Å². The van der Waals surface area contributed by atoms with Gasteiger partial charge in [-0.3, -0.25) is 4.79 Å². The molecule has 0 aliphatic rings. The SMILES string of the molecule is CC(C)(C)S(C)(C)O[C@H](C#N)CCC(=O)O. The van der Waals surface area contributed by atoms with Crippen molar-refractivity contribution < 1.29 is 14.1 Å². The molecule has 0 fully saturated rings. The smallest absolute Gasteiger partial charge is 0.303 e. The molecular weight excluding hydrogens is 226 g/mol. The Balaban J connectivity index is 4.44. The summed E-state index contributed by atoms with van der Waals surface area (Å²) in [7, 11) is -1.37. The minimum Gasteiger partial charge on any atom is -0.481 e. The molecule has 0 aromatic carbocycles. The highest BCUT2D eigenvalue weighted by atomic mass is 32.3. The number of aliphatic carboxylic acids is 1. The Morgan fingerprint density at radius 3 is 2.31 bits per heavy atom. The van der Waals surface area contributed by atoms with Gasteiger partial charge in [0.1, 0.15) is 0 Å². The highest BCUT2D eigenvalue weighted by molar-refractivity contribution is 8.29. The molecule has 0 bridgehead atoms. The number of nitrogens with zero attached hydrogens (tertiary/aromatic N) is 1. The first-order valence-electron chi connectivity index (χ1n) is 5.12. The highest BCUT2D eigenvalue weighted by Gasteiger charge is 2.31. The second kappa shape index (κ2) is 5.55. The van der Waals surface area contributed by atoms with Crippen LogP contribution in [-0.2, 0) is 8.98 Å². The normalized spacial score (nSPS) is 15.2. The van der Waals surface area contributed by atoms with Crippen molar-refractivity contribution in [1.82, 2.24) is 0 Å². The van der Waals surface area contributed by atoms with Gasteiger partial charge in [-0.05, 0) is 18.9 Å². The van der Waals surface area contributed by atoms with Crippen molar-refractivity contribution in [2.75, 3.05) is 12.5 Å². The average Bonchev–Trinajstić information content (AvgIpc) is 2.09. The molecule has 0 rings (SSSR count). The highest BCUT2D eigenvalue weighted by Crippen LogP contribution is 2.54. The number of hydrogen-bond donors (Lipinski definition) is 1. The van der Waals surface area contributed by atoms with Crippen LogP contribution < -0.4 is 0 Å². The van der Waals surface area contributed by atoms with Crippen LogP contribution in [0, 0.1) is 11.3 Å². The lowest BCUT2D eigenvalue weighted by molar-refractivity contribution is -0.137. The van der Waals surface area contributed by atoms with Crippen LogP contribution in [0.15, 0.2) is 0 Å². The van der Waals surface area contributed by atoms with E-state index in [1.54, 1.807) is 0 Å². The number of nitriles is 1. The molecule has 1 atom stereocenters. The first kappa shape index (κ1) is 15.3. The maximum Gasteiger partial charge on any atom is 0.303 e. The zero-order chi connectivity index (χ0) is 13.0. The van der Waals surface area contributed by atoms with Gasteiger partial charge in [-0.15, -0.1) is 10.3 Å². The van der Waals surface area contributed by atoms with E-state index in [1.165, 1.54) is 0 Å². The first-order valence-corrected chi connectivity index (χ1v) is 7.50. The Bertz CT molecular complexity index is 289. The van der Waals surface area contributed by atoms with Crippen LogP contribution in [0.5, 0.6) is 0 Å². The maximum atomic E-state index is 10.4. The van der Waals surface area contributed by atoms with E-state index in [-0.39, 0.29) is 17.6 Å². The van der Waals surface area contributed by atoms with Gasteiger partial charge in [0.05, 0.1) is 6.07 Å². The minimum atomic E-state index is -1.37. The topological polar surface area (TPSA) is 70.3 Å². The van der Waals surface area contributed by atoms with Crippen LogP contribution in [0.4, 0.5) is 0 Å². The second-order valence-corrected chi connectivity index (χ2v) is 8.88. The summed E-state index contributed by atoms with van der Waals surface area (Å²) in [5.74, 6) is -0.896. The Morgan fingerprint density at radius 2 is 2.00 bits per heavy atom. The van der Waals surface area contributed by atoms with Crippen molar-refractivity contribution in [2.45, 2.75) is 44.5 Å². The van der Waals surface area contributed by atoms with Crippen molar-refractivity contribution in [3.63, 3.8) is 0 Å². The van der Waals surface area contributed by atoms with E-state index < -0.39 is 22.4 Å². The molecule has 0 radical (unpaired) electrons. The van der Waals surface area contributed by atoms with E-state index >= 15 is 0 Å². The molecule has 0 aliphatic carbocycles. The summed E-state index contributed by atoms with van der Waals surface area (Å²) in [6.07, 6.45) is 3.59. The number of carboxylic acid groups (broad SMARTS) is 1. The molecule has 4 nitrogen and oxygen atoms in total. The average molecular weight is 247 g/mol. The molecule has 0 aromatic heterocycles. The summed E-state index contributed by atoms with van der Waals surface area (Å²) < 4.78 is 5.74. The van der Waals surface area contributed by atoms with Crippen LogP contribution in [0.1, 0.15) is 33.6 Å². The Labute approximate surface area is 99.1 Å². The fourth-order valence-corrected chi connectivity index (χ4v) is 1.83. The van der Waals surface area contributed by atoms with Gasteiger partial charge in [0, 0.05) is 11.2 Å². The van der Waals surface area contributed by atoms with Crippen molar-refractivity contribution in [3.05, 3.63) is 0 Å². The fourth-order valence-electron chi connectivity index (χ4n) is 0.823. The van der Waals surface area contributed by atoms with Crippen LogP contribution in [0.3, 0.4) is 0 Å². The molecule has 0 heterocycles. The number of hydrogen-bond acceptors (Lipinski definition) is 3. The quantitative estimate of drug-likeness (QED) is 0.810. The van der Waals surface area contributed by atoms with E-state index in [0.29, 0.717) is 0 Å². The van der Waals surface area contributed by atoms with Gasteiger partial charge in [0.2, 0.25) is 0 Å². The first-order chi connectivity index (χ1) is 7.10. The van der Waals surface area contributed by atoms with Gasteiger partial charge in [0.25, 0.3) is 0 Å². The monoisotopic (exact) mass is 247 g/mol. The van der Waals surface area contributed by atoms with Gasteiger partial charge in [-0.1, -0.05) is 20.8 Å². The number of carbonyl (C=O) groups is 1. The van der Waals surface area contributed by atoms with E-state index in [0.717, 1.165) is 0 Å². The summed E-state index contributed by atoms with van der Waals surface area (Å²) in [6, 6.07) is 2.02. The van der Waals surface area contributed by atoms with Gasteiger partial charge < -0.3 is 9.29 Å². The molecule has 94 valence electrons. The molecule has 0 amide bonds. The molecular formula is C11H21NO3S. The second-order valence-electron chi connectivity index (χ2n) is 4.99. The molecule has 5 heteroatoms. The zero-order valence-electron chi connectivity index (χ0n) is 10.6. The van der Waals surface area contributed by atoms with Gasteiger partial charge >= 0.3 is 5.97 Å². The lowest BCUT2D eigenvalue weighted by Crippen LogP contribution is -2.28. The molecule has 1 N–H and O–H groups in total. The van der Waals surface area contributed by atoms with Crippen LogP contribution >= 0.6 is 10.3 Å². The molecule has 0 saturated carbocycles. The Kier molecular flexibility index (Phi) is 5.30. The van der Waals surface area contributed by atoms with E-state index in [4.69, 9.17) is 14.6 Å². The van der Waals surface area contributed by atoms with Crippen molar-refractivity contribution >= 4 is 16.3 Å². The van der Waals surface area contributed by atoms with E-state index in [1.807, 2.05) is 18.6 Å². The molecule has 0 saturated heterocycles. The third kappa shape index (κ3) is 4.86. The standard InChI is InChI=1S/C11H21NO3S/c1-11(2,3)16(4,5)15-9(8-12)6-7-10(13)14/h9H,6-7H2,1-5H3,(H,13,14)/t9-/m0/s1. The van der Waals surface area contributed by atoms with Gasteiger partial charge in [-0.2, -0.15) is 5.26 Å². The summed E-state index contributed by atoms with van der Waals surface area (Å²) in [6.45, 7) is 6.19. The Morgan fingerprint density at radius 1 is 1.50 bits per heavy atom. The number of rotatable bonds is 5. The minimum absolute atomic E-state index is 0.0225. The van der Waals surface area contributed by atoms with Crippen molar-refractivity contribution in [2.24, 2.45) is 0 Å². The van der Waals surface area contributed by atoms with E-state index in [2.05, 4.69) is 20.8 Å². The summed E-state index contributed by atoms with van der Waals surface area (Å²) in [5, 5.41) is 17.5. The maximum absolute atomic E-state index is 10.4. The summed E-state index contributed by atoms with van der Waals surface area (Å²) >= 11 is 0.